The molecular formula is C14H21NO4S. The summed E-state index contributed by atoms with van der Waals surface area (Å²) in [6.45, 7) is 0.385. The smallest absolute Gasteiger partial charge is 0.209 e. The molecule has 1 aromatic carbocycles. The van der Waals surface area contributed by atoms with Crippen LogP contribution >= 0.6 is 0 Å². The zero-order valence-corrected chi connectivity index (χ0v) is 12.5. The van der Waals surface area contributed by atoms with Crippen LogP contribution < -0.4 is 14.6 Å². The van der Waals surface area contributed by atoms with Crippen molar-refractivity contribution in [2.75, 3.05) is 19.5 Å². The largest absolute Gasteiger partial charge is 0.497 e. The van der Waals surface area contributed by atoms with Gasteiger partial charge in [-0.25, -0.2) is 13.6 Å². The SMILES string of the molecule is COc1ccc(OCC2(CS(N)(=O)=O)CCCC2)cc1. The predicted octanol–water partition coefficient (Wildman–Crippen LogP) is 1.92. The molecule has 0 atom stereocenters. The van der Waals surface area contributed by atoms with E-state index in [-0.39, 0.29) is 11.2 Å². The van der Waals surface area contributed by atoms with Crippen molar-refractivity contribution in [1.82, 2.24) is 0 Å². The first-order valence-corrected chi connectivity index (χ1v) is 8.41. The highest BCUT2D eigenvalue weighted by Gasteiger charge is 2.38. The van der Waals surface area contributed by atoms with Crippen molar-refractivity contribution in [3.05, 3.63) is 24.3 Å². The average Bonchev–Trinajstić information content (AvgIpc) is 2.84. The zero-order chi connectivity index (χ0) is 14.6. The minimum absolute atomic E-state index is 0.00381. The molecule has 20 heavy (non-hydrogen) atoms. The number of sulfonamides is 1. The number of hydrogen-bond donors (Lipinski definition) is 1. The molecule has 0 unspecified atom stereocenters. The molecule has 0 spiro atoms. The van der Waals surface area contributed by atoms with Crippen molar-refractivity contribution in [3.8, 4) is 11.5 Å². The Kier molecular flexibility index (Phi) is 4.55. The Morgan fingerprint density at radius 2 is 1.70 bits per heavy atom. The van der Waals surface area contributed by atoms with Crippen molar-refractivity contribution >= 4 is 10.0 Å². The van der Waals surface area contributed by atoms with Gasteiger partial charge in [0.1, 0.15) is 11.5 Å². The fraction of sp³-hybridized carbons (Fsp3) is 0.571. The molecule has 0 radical (unpaired) electrons. The molecule has 0 aromatic heterocycles. The van der Waals surface area contributed by atoms with Crippen molar-refractivity contribution in [1.29, 1.82) is 0 Å². The Balaban J connectivity index is 2.01. The summed E-state index contributed by atoms with van der Waals surface area (Å²) in [6.07, 6.45) is 3.75. The minimum atomic E-state index is -3.48. The maximum absolute atomic E-state index is 11.4. The van der Waals surface area contributed by atoms with Gasteiger partial charge in [-0.2, -0.15) is 0 Å². The molecule has 2 rings (SSSR count). The fourth-order valence-corrected chi connectivity index (χ4v) is 4.02. The van der Waals surface area contributed by atoms with Gasteiger partial charge in [-0.3, -0.25) is 0 Å². The monoisotopic (exact) mass is 299 g/mol. The number of primary sulfonamides is 1. The van der Waals surface area contributed by atoms with E-state index in [1.165, 1.54) is 0 Å². The molecule has 0 saturated heterocycles. The van der Waals surface area contributed by atoms with Crippen molar-refractivity contribution in [2.45, 2.75) is 25.7 Å². The summed E-state index contributed by atoms with van der Waals surface area (Å²) in [6, 6.07) is 7.27. The van der Waals surface area contributed by atoms with E-state index in [0.717, 1.165) is 31.4 Å². The maximum Gasteiger partial charge on any atom is 0.209 e. The topological polar surface area (TPSA) is 78.6 Å². The van der Waals surface area contributed by atoms with Gasteiger partial charge in [0.05, 0.1) is 19.5 Å². The fourth-order valence-electron chi connectivity index (χ4n) is 2.79. The lowest BCUT2D eigenvalue weighted by atomic mass is 9.90. The molecule has 0 bridgehead atoms. The molecule has 1 aromatic rings. The highest BCUT2D eigenvalue weighted by Crippen LogP contribution is 2.39. The Labute approximate surface area is 120 Å². The van der Waals surface area contributed by atoms with E-state index < -0.39 is 10.0 Å². The summed E-state index contributed by atoms with van der Waals surface area (Å²) in [5, 5.41) is 5.21. The number of hydrogen-bond acceptors (Lipinski definition) is 4. The number of benzene rings is 1. The molecular weight excluding hydrogens is 278 g/mol. The van der Waals surface area contributed by atoms with Crippen LogP contribution in [0.25, 0.3) is 0 Å². The quantitative estimate of drug-likeness (QED) is 0.870. The van der Waals surface area contributed by atoms with Crippen LogP contribution in [0.4, 0.5) is 0 Å². The van der Waals surface area contributed by atoms with E-state index in [4.69, 9.17) is 14.6 Å². The Morgan fingerprint density at radius 1 is 1.15 bits per heavy atom. The minimum Gasteiger partial charge on any atom is -0.497 e. The number of ether oxygens (including phenoxy) is 2. The molecule has 112 valence electrons. The van der Waals surface area contributed by atoms with Crippen LogP contribution in [0.1, 0.15) is 25.7 Å². The highest BCUT2D eigenvalue weighted by atomic mass is 32.2. The van der Waals surface area contributed by atoms with E-state index in [0.29, 0.717) is 12.4 Å². The molecule has 0 amide bonds. The van der Waals surface area contributed by atoms with Crippen LogP contribution in [-0.4, -0.2) is 27.9 Å². The maximum atomic E-state index is 11.4. The second-order valence-electron chi connectivity index (χ2n) is 5.48. The summed E-state index contributed by atoms with van der Waals surface area (Å²) < 4.78 is 33.6. The first-order valence-electron chi connectivity index (χ1n) is 6.70. The van der Waals surface area contributed by atoms with Gasteiger partial charge in [0.15, 0.2) is 0 Å². The van der Waals surface area contributed by atoms with Crippen molar-refractivity contribution in [3.63, 3.8) is 0 Å². The molecule has 2 N–H and O–H groups in total. The van der Waals surface area contributed by atoms with Crippen molar-refractivity contribution in [2.24, 2.45) is 10.6 Å². The highest BCUT2D eigenvalue weighted by molar-refractivity contribution is 7.89. The van der Waals surface area contributed by atoms with E-state index in [1.807, 2.05) is 24.3 Å². The number of nitrogens with two attached hydrogens (primary N) is 1. The van der Waals surface area contributed by atoms with Gasteiger partial charge in [0.2, 0.25) is 10.0 Å². The molecule has 1 fully saturated rings. The molecule has 0 heterocycles. The van der Waals surface area contributed by atoms with Crippen LogP contribution in [0.3, 0.4) is 0 Å². The third-order valence-electron chi connectivity index (χ3n) is 3.78. The van der Waals surface area contributed by atoms with Gasteiger partial charge >= 0.3 is 0 Å². The first-order chi connectivity index (χ1) is 9.42. The van der Waals surface area contributed by atoms with E-state index in [1.54, 1.807) is 7.11 Å². The Hall–Kier alpha value is -1.27. The lowest BCUT2D eigenvalue weighted by molar-refractivity contribution is 0.170. The lowest BCUT2D eigenvalue weighted by Crippen LogP contribution is -2.36. The van der Waals surface area contributed by atoms with Gasteiger partial charge < -0.3 is 9.47 Å². The average molecular weight is 299 g/mol. The van der Waals surface area contributed by atoms with Gasteiger partial charge in [-0.15, -0.1) is 0 Å². The summed E-state index contributed by atoms with van der Waals surface area (Å²) >= 11 is 0. The Morgan fingerprint density at radius 3 is 2.20 bits per heavy atom. The van der Waals surface area contributed by atoms with Gasteiger partial charge in [0, 0.05) is 5.41 Å². The second kappa shape index (κ2) is 6.01. The summed E-state index contributed by atoms with van der Waals surface area (Å²) in [7, 11) is -1.87. The van der Waals surface area contributed by atoms with Crippen LogP contribution in [0.2, 0.25) is 0 Å². The summed E-state index contributed by atoms with van der Waals surface area (Å²) in [4.78, 5) is 0. The van der Waals surface area contributed by atoms with E-state index in [2.05, 4.69) is 0 Å². The normalized spacial score (nSPS) is 17.9. The third kappa shape index (κ3) is 4.11. The lowest BCUT2D eigenvalue weighted by Gasteiger charge is -2.27. The number of methoxy groups -OCH3 is 1. The molecule has 1 saturated carbocycles. The Bertz CT molecular complexity index is 533. The molecule has 1 aliphatic rings. The van der Waals surface area contributed by atoms with E-state index in [9.17, 15) is 8.42 Å². The van der Waals surface area contributed by atoms with Crippen LogP contribution in [0.15, 0.2) is 24.3 Å². The zero-order valence-electron chi connectivity index (χ0n) is 11.7. The van der Waals surface area contributed by atoms with E-state index >= 15 is 0 Å². The molecule has 5 nitrogen and oxygen atoms in total. The van der Waals surface area contributed by atoms with Crippen molar-refractivity contribution < 1.29 is 17.9 Å². The molecule has 0 aliphatic heterocycles. The van der Waals surface area contributed by atoms with Gasteiger partial charge in [-0.1, -0.05) is 12.8 Å². The third-order valence-corrected chi connectivity index (χ3v) is 4.79. The molecule has 1 aliphatic carbocycles. The van der Waals surface area contributed by atoms with Gasteiger partial charge in [0.25, 0.3) is 0 Å². The standard InChI is InChI=1S/C14H21NO4S/c1-18-12-4-6-13(7-5-12)19-10-14(8-2-3-9-14)11-20(15,16)17/h4-7H,2-3,8-11H2,1H3,(H2,15,16,17). The summed E-state index contributed by atoms with van der Waals surface area (Å²) in [5.74, 6) is 1.47. The predicted molar refractivity (Wildman–Crippen MR) is 77.4 cm³/mol. The van der Waals surface area contributed by atoms with Crippen LogP contribution in [0, 0.1) is 5.41 Å². The van der Waals surface area contributed by atoms with Crippen LogP contribution in [0.5, 0.6) is 11.5 Å². The number of rotatable bonds is 6. The summed E-state index contributed by atoms with van der Waals surface area (Å²) in [5.41, 5.74) is -0.340. The first kappa shape index (κ1) is 15.1. The second-order valence-corrected chi connectivity index (χ2v) is 7.09. The van der Waals surface area contributed by atoms with Gasteiger partial charge in [-0.05, 0) is 37.1 Å². The van der Waals surface area contributed by atoms with Crippen LogP contribution in [-0.2, 0) is 10.0 Å². The molecule has 6 heteroatoms.